The second kappa shape index (κ2) is 4.20. The Hall–Kier alpha value is -1.26. The summed E-state index contributed by atoms with van der Waals surface area (Å²) in [7, 11) is 1.35. The van der Waals surface area contributed by atoms with Gasteiger partial charge in [0.2, 0.25) is 6.08 Å². The van der Waals surface area contributed by atoms with E-state index >= 15 is 0 Å². The van der Waals surface area contributed by atoms with Crippen molar-refractivity contribution in [3.05, 3.63) is 27.7 Å². The first kappa shape index (κ1) is 12.2. The summed E-state index contributed by atoms with van der Waals surface area (Å²) in [4.78, 5) is 13.9. The van der Waals surface area contributed by atoms with Crippen LogP contribution in [0.2, 0.25) is 0 Å². The first-order chi connectivity index (χ1) is 8.05. The Bertz CT molecular complexity index is 523. The van der Waals surface area contributed by atoms with Crippen LogP contribution in [0, 0.1) is 11.6 Å². The van der Waals surface area contributed by atoms with Gasteiger partial charge in [-0.1, -0.05) is 0 Å². The van der Waals surface area contributed by atoms with Crippen LogP contribution >= 0.6 is 15.9 Å². The molecule has 3 nitrogen and oxygen atoms in total. The molecule has 17 heavy (non-hydrogen) atoms. The monoisotopic (exact) mass is 303 g/mol. The molecule has 0 atom stereocenters. The fourth-order valence-corrected chi connectivity index (χ4v) is 2.38. The Balaban J connectivity index is 2.71. The summed E-state index contributed by atoms with van der Waals surface area (Å²) in [6, 6.07) is 0.984. The van der Waals surface area contributed by atoms with Gasteiger partial charge in [-0.25, -0.2) is 13.6 Å². The molecule has 0 bridgehead atoms. The zero-order chi connectivity index (χ0) is 12.6. The molecule has 0 saturated heterocycles. The molecule has 1 fully saturated rings. The lowest BCUT2D eigenvalue weighted by Gasteiger charge is -2.16. The number of carbonyl (C=O) groups excluding carboxylic acids is 1. The van der Waals surface area contributed by atoms with E-state index in [9.17, 15) is 13.6 Å². The second-order valence-electron chi connectivity index (χ2n) is 3.80. The number of aliphatic imine (C=N–C) groups is 1. The molecule has 1 aromatic carbocycles. The number of isocyanates is 1. The smallest absolute Gasteiger partial charge is 0.235 e. The normalized spacial score (nSPS) is 16.2. The van der Waals surface area contributed by atoms with Gasteiger partial charge < -0.3 is 4.74 Å². The first-order valence-corrected chi connectivity index (χ1v) is 5.66. The van der Waals surface area contributed by atoms with Crippen molar-refractivity contribution in [2.75, 3.05) is 7.11 Å². The van der Waals surface area contributed by atoms with E-state index in [-0.39, 0.29) is 11.3 Å². The van der Waals surface area contributed by atoms with E-state index in [0.29, 0.717) is 17.3 Å². The van der Waals surface area contributed by atoms with Gasteiger partial charge in [0.25, 0.3) is 0 Å². The fraction of sp³-hybridized carbons (Fsp3) is 0.364. The van der Waals surface area contributed by atoms with Crippen molar-refractivity contribution in [2.45, 2.75) is 18.4 Å². The standard InChI is InChI=1S/C11H8BrF2NO2/c1-17-10-6(12)4-7(13)9(14)8(10)11(2-3-11)15-5-16/h4H,2-3H2,1H3. The van der Waals surface area contributed by atoms with Crippen LogP contribution in [0.4, 0.5) is 8.78 Å². The Morgan fingerprint density at radius 2 is 2.18 bits per heavy atom. The molecule has 6 heteroatoms. The molecule has 0 heterocycles. The molecule has 1 aliphatic rings. The number of nitrogens with zero attached hydrogens (tertiary/aromatic N) is 1. The van der Waals surface area contributed by atoms with Crippen molar-refractivity contribution in [3.8, 4) is 5.75 Å². The average Bonchev–Trinajstić information content (AvgIpc) is 3.04. The van der Waals surface area contributed by atoms with Crippen molar-refractivity contribution in [1.29, 1.82) is 0 Å². The number of halogens is 3. The number of rotatable bonds is 3. The van der Waals surface area contributed by atoms with E-state index in [2.05, 4.69) is 20.9 Å². The minimum atomic E-state index is -1.03. The van der Waals surface area contributed by atoms with Crippen LogP contribution in [0.3, 0.4) is 0 Å². The predicted octanol–water partition coefficient (Wildman–Crippen LogP) is 3.06. The van der Waals surface area contributed by atoms with Crippen molar-refractivity contribution in [1.82, 2.24) is 0 Å². The molecule has 0 aromatic heterocycles. The van der Waals surface area contributed by atoms with Crippen molar-refractivity contribution in [2.24, 2.45) is 4.99 Å². The van der Waals surface area contributed by atoms with Gasteiger partial charge in [-0.3, -0.25) is 0 Å². The highest BCUT2D eigenvalue weighted by atomic mass is 79.9. The van der Waals surface area contributed by atoms with Gasteiger partial charge >= 0.3 is 0 Å². The van der Waals surface area contributed by atoms with Crippen LogP contribution < -0.4 is 4.74 Å². The van der Waals surface area contributed by atoms with Crippen molar-refractivity contribution in [3.63, 3.8) is 0 Å². The van der Waals surface area contributed by atoms with E-state index in [1.165, 1.54) is 13.2 Å². The number of ether oxygens (including phenoxy) is 1. The lowest BCUT2D eigenvalue weighted by Crippen LogP contribution is -2.10. The molecular weight excluding hydrogens is 296 g/mol. The third kappa shape index (κ3) is 1.87. The van der Waals surface area contributed by atoms with Gasteiger partial charge in [-0.15, -0.1) is 0 Å². The first-order valence-electron chi connectivity index (χ1n) is 4.87. The molecule has 2 rings (SSSR count). The molecule has 0 aliphatic heterocycles. The highest BCUT2D eigenvalue weighted by molar-refractivity contribution is 9.10. The Morgan fingerprint density at radius 1 is 1.53 bits per heavy atom. The molecule has 1 aromatic rings. The van der Waals surface area contributed by atoms with Gasteiger partial charge in [-0.05, 0) is 34.8 Å². The van der Waals surface area contributed by atoms with Crippen LogP contribution in [0.1, 0.15) is 18.4 Å². The predicted molar refractivity (Wildman–Crippen MR) is 59.6 cm³/mol. The SMILES string of the molecule is COc1c(Br)cc(F)c(F)c1C1(N=C=O)CC1. The summed E-state index contributed by atoms with van der Waals surface area (Å²) >= 11 is 3.09. The van der Waals surface area contributed by atoms with E-state index in [1.54, 1.807) is 0 Å². The largest absolute Gasteiger partial charge is 0.495 e. The number of hydrogen-bond donors (Lipinski definition) is 0. The summed E-state index contributed by atoms with van der Waals surface area (Å²) in [5.74, 6) is -1.86. The Kier molecular flexibility index (Phi) is 3.02. The number of benzene rings is 1. The third-order valence-electron chi connectivity index (χ3n) is 2.78. The lowest BCUT2D eigenvalue weighted by atomic mass is 10.0. The highest BCUT2D eigenvalue weighted by Gasteiger charge is 2.50. The fourth-order valence-electron chi connectivity index (χ4n) is 1.82. The van der Waals surface area contributed by atoms with Crippen molar-refractivity contribution < 1.29 is 18.3 Å². The van der Waals surface area contributed by atoms with Crippen LogP contribution in [0.25, 0.3) is 0 Å². The van der Waals surface area contributed by atoms with E-state index in [1.807, 2.05) is 0 Å². The maximum absolute atomic E-state index is 13.8. The number of methoxy groups -OCH3 is 1. The zero-order valence-electron chi connectivity index (χ0n) is 8.89. The second-order valence-corrected chi connectivity index (χ2v) is 4.65. The molecule has 0 N–H and O–H groups in total. The third-order valence-corrected chi connectivity index (χ3v) is 3.37. The molecule has 1 saturated carbocycles. The summed E-state index contributed by atoms with van der Waals surface area (Å²) < 4.78 is 32.5. The maximum atomic E-state index is 13.8. The van der Waals surface area contributed by atoms with Gasteiger partial charge in [0, 0.05) is 0 Å². The summed E-state index contributed by atoms with van der Waals surface area (Å²) in [6.45, 7) is 0. The van der Waals surface area contributed by atoms with Crippen LogP contribution in [-0.4, -0.2) is 13.2 Å². The summed E-state index contributed by atoms with van der Waals surface area (Å²) in [5.41, 5.74) is -1.03. The Labute approximate surface area is 105 Å². The maximum Gasteiger partial charge on any atom is 0.235 e. The van der Waals surface area contributed by atoms with Crippen LogP contribution in [0.5, 0.6) is 5.75 Å². The van der Waals surface area contributed by atoms with Gasteiger partial charge in [0.15, 0.2) is 11.6 Å². The lowest BCUT2D eigenvalue weighted by molar-refractivity contribution is 0.386. The molecule has 0 unspecified atom stereocenters. The minimum absolute atomic E-state index is 0.0183. The molecule has 1 aliphatic carbocycles. The molecule has 0 spiro atoms. The van der Waals surface area contributed by atoms with Gasteiger partial charge in [-0.2, -0.15) is 4.99 Å². The average molecular weight is 304 g/mol. The molecule has 0 radical (unpaired) electrons. The van der Waals surface area contributed by atoms with E-state index < -0.39 is 17.2 Å². The molecule has 90 valence electrons. The molecule has 0 amide bonds. The van der Waals surface area contributed by atoms with Gasteiger partial charge in [0.1, 0.15) is 11.3 Å². The molecular formula is C11H8BrF2NO2. The van der Waals surface area contributed by atoms with Crippen LogP contribution in [-0.2, 0) is 10.3 Å². The number of hydrogen-bond acceptors (Lipinski definition) is 3. The summed E-state index contributed by atoms with van der Waals surface area (Å²) in [6.07, 6.45) is 2.36. The topological polar surface area (TPSA) is 38.7 Å². The van der Waals surface area contributed by atoms with Gasteiger partial charge in [0.05, 0.1) is 17.1 Å². The quantitative estimate of drug-likeness (QED) is 0.489. The van der Waals surface area contributed by atoms with E-state index in [4.69, 9.17) is 4.74 Å². The van der Waals surface area contributed by atoms with Crippen molar-refractivity contribution >= 4 is 22.0 Å². The van der Waals surface area contributed by atoms with Crippen LogP contribution in [0.15, 0.2) is 15.5 Å². The zero-order valence-corrected chi connectivity index (χ0v) is 10.5. The Morgan fingerprint density at radius 3 is 2.65 bits per heavy atom. The highest BCUT2D eigenvalue weighted by Crippen LogP contribution is 2.54. The van der Waals surface area contributed by atoms with E-state index in [0.717, 1.165) is 6.07 Å². The minimum Gasteiger partial charge on any atom is -0.495 e. The summed E-state index contributed by atoms with van der Waals surface area (Å²) in [5, 5.41) is 0.